The fraction of sp³-hybridized carbons (Fsp3) is 0.538. The van der Waals surface area contributed by atoms with E-state index in [0.29, 0.717) is 0 Å². The van der Waals surface area contributed by atoms with Gasteiger partial charge in [0, 0.05) is 38.4 Å². The molecule has 19 heavy (non-hydrogen) atoms. The van der Waals surface area contributed by atoms with Gasteiger partial charge in [0.15, 0.2) is 0 Å². The Morgan fingerprint density at radius 3 is 2.11 bits per heavy atom. The van der Waals surface area contributed by atoms with Gasteiger partial charge in [0.1, 0.15) is 0 Å². The quantitative estimate of drug-likeness (QED) is 0.936. The van der Waals surface area contributed by atoms with E-state index in [2.05, 4.69) is 38.4 Å². The van der Waals surface area contributed by atoms with Gasteiger partial charge in [-0.3, -0.25) is 9.36 Å². The van der Waals surface area contributed by atoms with E-state index in [9.17, 15) is 0 Å². The standard InChI is InChI=1S/C13H20BrN5/c1-8-11(10(3)18(4)16-8)6-15-7-12-13(14)9(2)17-19(12)5/h15H,6-7H2,1-5H3. The first kappa shape index (κ1) is 14.3. The second-order valence-electron chi connectivity index (χ2n) is 4.85. The van der Waals surface area contributed by atoms with Gasteiger partial charge < -0.3 is 5.32 Å². The van der Waals surface area contributed by atoms with E-state index in [1.807, 2.05) is 37.3 Å². The molecular formula is C13H20BrN5. The molecule has 0 fully saturated rings. The fourth-order valence-corrected chi connectivity index (χ4v) is 2.73. The minimum atomic E-state index is 0.783. The van der Waals surface area contributed by atoms with Crippen molar-refractivity contribution in [2.24, 2.45) is 14.1 Å². The zero-order valence-electron chi connectivity index (χ0n) is 12.1. The molecule has 2 aromatic heterocycles. The van der Waals surface area contributed by atoms with Gasteiger partial charge in [-0.05, 0) is 36.7 Å². The number of hydrogen-bond acceptors (Lipinski definition) is 3. The fourth-order valence-electron chi connectivity index (χ4n) is 2.25. The lowest BCUT2D eigenvalue weighted by molar-refractivity contribution is 0.620. The molecule has 0 saturated heterocycles. The van der Waals surface area contributed by atoms with Gasteiger partial charge in [0.05, 0.1) is 21.6 Å². The van der Waals surface area contributed by atoms with Gasteiger partial charge in [-0.15, -0.1) is 0 Å². The molecule has 0 unspecified atom stereocenters. The van der Waals surface area contributed by atoms with Crippen molar-refractivity contribution in [1.29, 1.82) is 0 Å². The molecule has 2 heterocycles. The number of rotatable bonds is 4. The van der Waals surface area contributed by atoms with Crippen molar-refractivity contribution >= 4 is 15.9 Å². The summed E-state index contributed by atoms with van der Waals surface area (Å²) in [6.45, 7) is 7.76. The average Bonchev–Trinajstić information content (AvgIpc) is 2.72. The topological polar surface area (TPSA) is 47.7 Å². The van der Waals surface area contributed by atoms with Gasteiger partial charge in [-0.1, -0.05) is 0 Å². The molecule has 0 bridgehead atoms. The number of aromatic nitrogens is 4. The zero-order valence-corrected chi connectivity index (χ0v) is 13.7. The molecule has 0 spiro atoms. The van der Waals surface area contributed by atoms with E-state index < -0.39 is 0 Å². The second kappa shape index (κ2) is 5.46. The van der Waals surface area contributed by atoms with Crippen molar-refractivity contribution in [1.82, 2.24) is 24.9 Å². The summed E-state index contributed by atoms with van der Waals surface area (Å²) >= 11 is 3.58. The molecular weight excluding hydrogens is 306 g/mol. The normalized spacial score (nSPS) is 11.3. The Morgan fingerprint density at radius 2 is 1.63 bits per heavy atom. The van der Waals surface area contributed by atoms with Crippen LogP contribution in [-0.4, -0.2) is 19.6 Å². The Kier molecular flexibility index (Phi) is 4.10. The molecule has 2 aromatic rings. The summed E-state index contributed by atoms with van der Waals surface area (Å²) in [5.74, 6) is 0. The second-order valence-corrected chi connectivity index (χ2v) is 5.64. The van der Waals surface area contributed by atoms with Crippen LogP contribution in [0.15, 0.2) is 4.47 Å². The van der Waals surface area contributed by atoms with E-state index >= 15 is 0 Å². The molecule has 1 N–H and O–H groups in total. The molecule has 0 amide bonds. The summed E-state index contributed by atoms with van der Waals surface area (Å²) in [5, 5.41) is 12.3. The molecule has 104 valence electrons. The van der Waals surface area contributed by atoms with E-state index in [4.69, 9.17) is 0 Å². The van der Waals surface area contributed by atoms with Crippen LogP contribution < -0.4 is 5.32 Å². The van der Waals surface area contributed by atoms with Crippen molar-refractivity contribution < 1.29 is 0 Å². The summed E-state index contributed by atoms with van der Waals surface area (Å²) in [5.41, 5.74) is 5.76. The first-order valence-corrected chi connectivity index (χ1v) is 7.09. The maximum atomic E-state index is 4.43. The van der Waals surface area contributed by atoms with Gasteiger partial charge >= 0.3 is 0 Å². The Hall–Kier alpha value is -1.14. The smallest absolute Gasteiger partial charge is 0.0739 e. The van der Waals surface area contributed by atoms with E-state index in [-0.39, 0.29) is 0 Å². The van der Waals surface area contributed by atoms with Crippen LogP contribution >= 0.6 is 15.9 Å². The Labute approximate surface area is 122 Å². The number of hydrogen-bond donors (Lipinski definition) is 1. The third-order valence-electron chi connectivity index (χ3n) is 3.51. The van der Waals surface area contributed by atoms with E-state index in [0.717, 1.165) is 34.6 Å². The predicted molar refractivity (Wildman–Crippen MR) is 78.9 cm³/mol. The van der Waals surface area contributed by atoms with E-state index in [1.54, 1.807) is 0 Å². The van der Waals surface area contributed by atoms with Crippen LogP contribution in [0, 0.1) is 20.8 Å². The molecule has 0 saturated carbocycles. The van der Waals surface area contributed by atoms with Crippen LogP contribution in [0.2, 0.25) is 0 Å². The molecule has 0 aliphatic carbocycles. The summed E-state index contributed by atoms with van der Waals surface area (Å²) in [4.78, 5) is 0. The third-order valence-corrected chi connectivity index (χ3v) is 4.55. The van der Waals surface area contributed by atoms with E-state index in [1.165, 1.54) is 11.3 Å². The summed E-state index contributed by atoms with van der Waals surface area (Å²) in [6, 6.07) is 0. The Morgan fingerprint density at radius 1 is 1.00 bits per heavy atom. The average molecular weight is 326 g/mol. The zero-order chi connectivity index (χ0) is 14.2. The minimum absolute atomic E-state index is 0.783. The van der Waals surface area contributed by atoms with Crippen molar-refractivity contribution in [3.63, 3.8) is 0 Å². The highest BCUT2D eigenvalue weighted by molar-refractivity contribution is 9.10. The molecule has 6 heteroatoms. The number of halogens is 1. The highest BCUT2D eigenvalue weighted by atomic mass is 79.9. The predicted octanol–water partition coefficient (Wildman–Crippen LogP) is 2.13. The highest BCUT2D eigenvalue weighted by Gasteiger charge is 2.12. The summed E-state index contributed by atoms with van der Waals surface area (Å²) < 4.78 is 4.92. The van der Waals surface area contributed by atoms with Crippen LogP contribution in [0.25, 0.3) is 0 Å². The van der Waals surface area contributed by atoms with Gasteiger partial charge in [0.25, 0.3) is 0 Å². The molecule has 2 rings (SSSR count). The Bertz CT molecular complexity index is 544. The largest absolute Gasteiger partial charge is 0.307 e. The molecule has 0 aliphatic heterocycles. The van der Waals surface area contributed by atoms with Crippen LogP contribution in [-0.2, 0) is 27.2 Å². The van der Waals surface area contributed by atoms with Crippen molar-refractivity contribution in [2.75, 3.05) is 0 Å². The van der Waals surface area contributed by atoms with Crippen molar-refractivity contribution in [3.8, 4) is 0 Å². The highest BCUT2D eigenvalue weighted by Crippen LogP contribution is 2.20. The first-order chi connectivity index (χ1) is 8.91. The van der Waals surface area contributed by atoms with Gasteiger partial charge in [-0.2, -0.15) is 10.2 Å². The summed E-state index contributed by atoms with van der Waals surface area (Å²) in [7, 11) is 3.95. The molecule has 5 nitrogen and oxygen atoms in total. The van der Waals surface area contributed by atoms with Crippen molar-refractivity contribution in [3.05, 3.63) is 32.8 Å². The molecule has 0 radical (unpaired) electrons. The van der Waals surface area contributed by atoms with Gasteiger partial charge in [0.2, 0.25) is 0 Å². The number of aryl methyl sites for hydroxylation is 4. The monoisotopic (exact) mass is 325 g/mol. The van der Waals surface area contributed by atoms with Crippen LogP contribution in [0.4, 0.5) is 0 Å². The summed E-state index contributed by atoms with van der Waals surface area (Å²) in [6.07, 6.45) is 0. The molecule has 0 aliphatic rings. The lowest BCUT2D eigenvalue weighted by Crippen LogP contribution is -2.16. The third kappa shape index (κ3) is 2.74. The number of nitrogens with zero attached hydrogens (tertiary/aromatic N) is 4. The van der Waals surface area contributed by atoms with Crippen LogP contribution in [0.1, 0.15) is 28.3 Å². The SMILES string of the molecule is Cc1nn(C)c(CNCc2c(C)nn(C)c2C)c1Br. The van der Waals surface area contributed by atoms with Crippen molar-refractivity contribution in [2.45, 2.75) is 33.9 Å². The lowest BCUT2D eigenvalue weighted by Gasteiger charge is -2.06. The van der Waals surface area contributed by atoms with Crippen LogP contribution in [0.3, 0.4) is 0 Å². The molecule has 0 atom stereocenters. The Balaban J connectivity index is 2.04. The van der Waals surface area contributed by atoms with Gasteiger partial charge in [-0.25, -0.2) is 0 Å². The maximum absolute atomic E-state index is 4.43. The first-order valence-electron chi connectivity index (χ1n) is 6.29. The molecule has 0 aromatic carbocycles. The minimum Gasteiger partial charge on any atom is -0.307 e. The lowest BCUT2D eigenvalue weighted by atomic mass is 10.2. The van der Waals surface area contributed by atoms with Crippen LogP contribution in [0.5, 0.6) is 0 Å². The number of nitrogens with one attached hydrogen (secondary N) is 1. The maximum Gasteiger partial charge on any atom is 0.0739 e.